The number of halogens is 1. The predicted molar refractivity (Wildman–Crippen MR) is 108 cm³/mol. The SMILES string of the molecule is CCNC(=NCCc1ccccc1)N(C)Cc1cccn1C.I. The Hall–Kier alpha value is -1.50. The third kappa shape index (κ3) is 6.25. The highest BCUT2D eigenvalue weighted by molar-refractivity contribution is 14.0. The standard InChI is InChI=1S/C18H26N4.HI/c1-4-19-18(20-13-12-16-9-6-5-7-10-16)22(3)15-17-11-8-14-21(17)2;/h5-11,14H,4,12-13,15H2,1-3H3,(H,19,20);1H. The van der Waals surface area contributed by atoms with Crippen molar-refractivity contribution in [3.05, 3.63) is 59.9 Å². The van der Waals surface area contributed by atoms with Crippen molar-refractivity contribution in [1.29, 1.82) is 0 Å². The Morgan fingerprint density at radius 2 is 1.91 bits per heavy atom. The number of hydrogen-bond donors (Lipinski definition) is 1. The summed E-state index contributed by atoms with van der Waals surface area (Å²) in [6, 6.07) is 14.7. The predicted octanol–water partition coefficient (Wildman–Crippen LogP) is 3.28. The molecule has 126 valence electrons. The van der Waals surface area contributed by atoms with Gasteiger partial charge in [0.25, 0.3) is 0 Å². The minimum Gasteiger partial charge on any atom is -0.357 e. The molecule has 0 saturated carbocycles. The average Bonchev–Trinajstić information content (AvgIpc) is 2.92. The molecular formula is C18H27IN4. The molecule has 0 aliphatic heterocycles. The number of benzene rings is 1. The third-order valence-electron chi connectivity index (χ3n) is 3.65. The molecule has 5 heteroatoms. The second kappa shape index (κ2) is 10.3. The molecule has 0 aliphatic carbocycles. The van der Waals surface area contributed by atoms with Crippen LogP contribution in [-0.4, -0.2) is 35.6 Å². The van der Waals surface area contributed by atoms with Crippen LogP contribution >= 0.6 is 24.0 Å². The summed E-state index contributed by atoms with van der Waals surface area (Å²) in [5, 5.41) is 3.37. The van der Waals surface area contributed by atoms with E-state index in [2.05, 4.69) is 78.4 Å². The maximum atomic E-state index is 4.74. The zero-order chi connectivity index (χ0) is 15.8. The van der Waals surface area contributed by atoms with Gasteiger partial charge in [0.15, 0.2) is 5.96 Å². The molecule has 0 atom stereocenters. The number of guanidine groups is 1. The van der Waals surface area contributed by atoms with Crippen molar-refractivity contribution < 1.29 is 0 Å². The van der Waals surface area contributed by atoms with Gasteiger partial charge in [0, 0.05) is 39.1 Å². The molecule has 23 heavy (non-hydrogen) atoms. The fourth-order valence-electron chi connectivity index (χ4n) is 2.38. The van der Waals surface area contributed by atoms with Crippen molar-refractivity contribution in [1.82, 2.24) is 14.8 Å². The highest BCUT2D eigenvalue weighted by Gasteiger charge is 2.07. The molecule has 1 aromatic carbocycles. The van der Waals surface area contributed by atoms with Gasteiger partial charge in [0.05, 0.1) is 6.54 Å². The molecule has 0 unspecified atom stereocenters. The lowest BCUT2D eigenvalue weighted by molar-refractivity contribution is 0.462. The van der Waals surface area contributed by atoms with E-state index in [1.807, 2.05) is 6.07 Å². The molecule has 0 radical (unpaired) electrons. The fraction of sp³-hybridized carbons (Fsp3) is 0.389. The van der Waals surface area contributed by atoms with Gasteiger partial charge in [-0.25, -0.2) is 0 Å². The van der Waals surface area contributed by atoms with Gasteiger partial charge < -0.3 is 14.8 Å². The monoisotopic (exact) mass is 426 g/mol. The molecule has 1 N–H and O–H groups in total. The first kappa shape index (κ1) is 19.5. The smallest absolute Gasteiger partial charge is 0.194 e. The Labute approximate surface area is 156 Å². The Balaban J connectivity index is 0.00000264. The first-order valence-corrected chi connectivity index (χ1v) is 7.84. The van der Waals surface area contributed by atoms with Crippen LogP contribution in [0, 0.1) is 0 Å². The normalized spacial score (nSPS) is 11.0. The number of aryl methyl sites for hydroxylation is 1. The summed E-state index contributed by atoms with van der Waals surface area (Å²) in [7, 11) is 4.15. The number of hydrogen-bond acceptors (Lipinski definition) is 1. The van der Waals surface area contributed by atoms with Gasteiger partial charge in [-0.2, -0.15) is 0 Å². The van der Waals surface area contributed by atoms with Crippen LogP contribution in [0.2, 0.25) is 0 Å². The van der Waals surface area contributed by atoms with E-state index < -0.39 is 0 Å². The van der Waals surface area contributed by atoms with Crippen LogP contribution in [0.15, 0.2) is 53.7 Å². The van der Waals surface area contributed by atoms with Crippen LogP contribution < -0.4 is 5.32 Å². The lowest BCUT2D eigenvalue weighted by atomic mass is 10.2. The van der Waals surface area contributed by atoms with Gasteiger partial charge >= 0.3 is 0 Å². The summed E-state index contributed by atoms with van der Waals surface area (Å²) < 4.78 is 2.14. The second-order valence-electron chi connectivity index (χ2n) is 5.44. The van der Waals surface area contributed by atoms with Crippen molar-refractivity contribution in [2.75, 3.05) is 20.1 Å². The van der Waals surface area contributed by atoms with E-state index >= 15 is 0 Å². The second-order valence-corrected chi connectivity index (χ2v) is 5.44. The van der Waals surface area contributed by atoms with Gasteiger partial charge in [-0.1, -0.05) is 30.3 Å². The number of nitrogens with zero attached hydrogens (tertiary/aromatic N) is 3. The van der Waals surface area contributed by atoms with Crippen molar-refractivity contribution in [2.45, 2.75) is 19.9 Å². The van der Waals surface area contributed by atoms with E-state index in [-0.39, 0.29) is 24.0 Å². The quantitative estimate of drug-likeness (QED) is 0.437. The summed E-state index contributed by atoms with van der Waals surface area (Å²) in [6.45, 7) is 4.62. The molecule has 0 saturated heterocycles. The van der Waals surface area contributed by atoms with Crippen LogP contribution in [0.4, 0.5) is 0 Å². The van der Waals surface area contributed by atoms with Crippen LogP contribution in [0.3, 0.4) is 0 Å². The van der Waals surface area contributed by atoms with E-state index in [9.17, 15) is 0 Å². The van der Waals surface area contributed by atoms with Crippen molar-refractivity contribution in [3.63, 3.8) is 0 Å². The van der Waals surface area contributed by atoms with Crippen LogP contribution in [0.5, 0.6) is 0 Å². The topological polar surface area (TPSA) is 32.6 Å². The number of nitrogens with one attached hydrogen (secondary N) is 1. The summed E-state index contributed by atoms with van der Waals surface area (Å²) in [4.78, 5) is 6.91. The minimum atomic E-state index is 0. The molecule has 1 aromatic heterocycles. The number of aliphatic imine (C=N–C) groups is 1. The van der Waals surface area contributed by atoms with Gasteiger partial charge in [0.1, 0.15) is 0 Å². The van der Waals surface area contributed by atoms with E-state index in [0.717, 1.165) is 32.0 Å². The third-order valence-corrected chi connectivity index (χ3v) is 3.65. The zero-order valence-corrected chi connectivity index (χ0v) is 16.5. The molecule has 4 nitrogen and oxygen atoms in total. The van der Waals surface area contributed by atoms with Crippen LogP contribution in [0.25, 0.3) is 0 Å². The molecular weight excluding hydrogens is 399 g/mol. The molecule has 2 rings (SSSR count). The molecule has 0 bridgehead atoms. The highest BCUT2D eigenvalue weighted by Crippen LogP contribution is 2.04. The summed E-state index contributed by atoms with van der Waals surface area (Å²) in [5.41, 5.74) is 2.60. The molecule has 1 heterocycles. The number of aromatic nitrogens is 1. The van der Waals surface area contributed by atoms with Crippen molar-refractivity contribution >= 4 is 29.9 Å². The van der Waals surface area contributed by atoms with E-state index in [4.69, 9.17) is 4.99 Å². The molecule has 2 aromatic rings. The van der Waals surface area contributed by atoms with Gasteiger partial charge in [-0.05, 0) is 31.0 Å². The molecule has 0 aliphatic rings. The van der Waals surface area contributed by atoms with Crippen LogP contribution in [0.1, 0.15) is 18.2 Å². The minimum absolute atomic E-state index is 0. The lowest BCUT2D eigenvalue weighted by Gasteiger charge is -2.22. The summed E-state index contributed by atoms with van der Waals surface area (Å²) in [6.07, 6.45) is 3.04. The van der Waals surface area contributed by atoms with Gasteiger partial charge in [-0.15, -0.1) is 24.0 Å². The lowest BCUT2D eigenvalue weighted by Crippen LogP contribution is -2.39. The zero-order valence-electron chi connectivity index (χ0n) is 14.2. The maximum Gasteiger partial charge on any atom is 0.194 e. The molecule has 0 amide bonds. The van der Waals surface area contributed by atoms with Crippen molar-refractivity contribution in [3.8, 4) is 0 Å². The highest BCUT2D eigenvalue weighted by atomic mass is 127. The molecule has 0 spiro atoms. The summed E-state index contributed by atoms with van der Waals surface area (Å²) >= 11 is 0. The van der Waals surface area contributed by atoms with Crippen molar-refractivity contribution in [2.24, 2.45) is 12.0 Å². The molecule has 0 fully saturated rings. The first-order chi connectivity index (χ1) is 10.7. The fourth-order valence-corrected chi connectivity index (χ4v) is 2.38. The number of rotatable bonds is 6. The Bertz CT molecular complexity index is 592. The summed E-state index contributed by atoms with van der Waals surface area (Å²) in [5.74, 6) is 0.958. The Kier molecular flexibility index (Phi) is 8.76. The first-order valence-electron chi connectivity index (χ1n) is 7.84. The van der Waals surface area contributed by atoms with Gasteiger partial charge in [0.2, 0.25) is 0 Å². The van der Waals surface area contributed by atoms with E-state index in [1.54, 1.807) is 0 Å². The van der Waals surface area contributed by atoms with Crippen LogP contribution in [-0.2, 0) is 20.0 Å². The van der Waals surface area contributed by atoms with E-state index in [0.29, 0.717) is 0 Å². The average molecular weight is 426 g/mol. The van der Waals surface area contributed by atoms with E-state index in [1.165, 1.54) is 11.3 Å². The maximum absolute atomic E-state index is 4.74. The Morgan fingerprint density at radius 1 is 1.17 bits per heavy atom. The largest absolute Gasteiger partial charge is 0.357 e. The Morgan fingerprint density at radius 3 is 2.52 bits per heavy atom. The van der Waals surface area contributed by atoms with Gasteiger partial charge in [-0.3, -0.25) is 4.99 Å².